The van der Waals surface area contributed by atoms with Crippen molar-refractivity contribution in [1.29, 1.82) is 0 Å². The number of amides is 2. The van der Waals surface area contributed by atoms with Crippen molar-refractivity contribution in [2.45, 2.75) is 19.4 Å². The molecule has 2 amide bonds. The SMILES string of the molecule is C/C=C/C(=O)NC(CC(N)=O)C(=O)O. The van der Waals surface area contributed by atoms with E-state index in [0.717, 1.165) is 6.08 Å². The van der Waals surface area contributed by atoms with Gasteiger partial charge in [0.25, 0.3) is 0 Å². The average Bonchev–Trinajstić information content (AvgIpc) is 2.02. The minimum absolute atomic E-state index is 0.418. The number of nitrogens with two attached hydrogens (primary N) is 1. The van der Waals surface area contributed by atoms with Crippen LogP contribution in [-0.2, 0) is 14.4 Å². The van der Waals surface area contributed by atoms with Gasteiger partial charge in [-0.2, -0.15) is 0 Å². The van der Waals surface area contributed by atoms with E-state index in [-0.39, 0.29) is 0 Å². The fourth-order valence-electron chi connectivity index (χ4n) is 0.772. The largest absolute Gasteiger partial charge is 0.480 e. The first-order valence-electron chi connectivity index (χ1n) is 3.91. The molecule has 0 fully saturated rings. The highest BCUT2D eigenvalue weighted by Crippen LogP contribution is 1.91. The summed E-state index contributed by atoms with van der Waals surface area (Å²) in [5.41, 5.74) is 4.81. The molecule has 0 saturated heterocycles. The first kappa shape index (κ1) is 12.2. The highest BCUT2D eigenvalue weighted by atomic mass is 16.4. The molecular weight excluding hydrogens is 188 g/mol. The van der Waals surface area contributed by atoms with Crippen LogP contribution < -0.4 is 11.1 Å². The zero-order chi connectivity index (χ0) is 11.1. The topological polar surface area (TPSA) is 109 Å². The highest BCUT2D eigenvalue weighted by molar-refractivity contribution is 5.92. The van der Waals surface area contributed by atoms with E-state index >= 15 is 0 Å². The summed E-state index contributed by atoms with van der Waals surface area (Å²) >= 11 is 0. The maximum atomic E-state index is 10.9. The van der Waals surface area contributed by atoms with Crippen molar-refractivity contribution in [3.8, 4) is 0 Å². The zero-order valence-corrected chi connectivity index (χ0v) is 7.69. The molecule has 6 heteroatoms. The first-order chi connectivity index (χ1) is 6.47. The van der Waals surface area contributed by atoms with Crippen LogP contribution in [0.1, 0.15) is 13.3 Å². The molecule has 0 rings (SSSR count). The third-order valence-corrected chi connectivity index (χ3v) is 1.34. The van der Waals surface area contributed by atoms with E-state index in [1.165, 1.54) is 6.08 Å². The number of primary amides is 1. The number of nitrogens with one attached hydrogen (secondary N) is 1. The quantitative estimate of drug-likeness (QED) is 0.495. The molecule has 0 saturated carbocycles. The maximum absolute atomic E-state index is 10.9. The third-order valence-electron chi connectivity index (χ3n) is 1.34. The van der Waals surface area contributed by atoms with E-state index in [9.17, 15) is 14.4 Å². The van der Waals surface area contributed by atoms with Crippen molar-refractivity contribution < 1.29 is 19.5 Å². The lowest BCUT2D eigenvalue weighted by Gasteiger charge is -2.10. The number of carboxylic acids is 1. The Kier molecular flexibility index (Phi) is 4.98. The molecule has 0 aromatic rings. The summed E-state index contributed by atoms with van der Waals surface area (Å²) in [6, 6.07) is -1.27. The summed E-state index contributed by atoms with van der Waals surface area (Å²) < 4.78 is 0. The van der Waals surface area contributed by atoms with E-state index in [0.29, 0.717) is 0 Å². The average molecular weight is 200 g/mol. The smallest absolute Gasteiger partial charge is 0.326 e. The minimum atomic E-state index is -1.29. The predicted molar refractivity (Wildman–Crippen MR) is 48.2 cm³/mol. The van der Waals surface area contributed by atoms with Crippen LogP contribution >= 0.6 is 0 Å². The number of allylic oxidation sites excluding steroid dienone is 1. The molecule has 1 atom stereocenters. The summed E-state index contributed by atoms with van der Waals surface area (Å²) in [5, 5.41) is 10.7. The van der Waals surface area contributed by atoms with Gasteiger partial charge in [-0.25, -0.2) is 4.79 Å². The van der Waals surface area contributed by atoms with Crippen LogP contribution in [0.5, 0.6) is 0 Å². The van der Waals surface area contributed by atoms with Crippen molar-refractivity contribution >= 4 is 17.8 Å². The van der Waals surface area contributed by atoms with Gasteiger partial charge >= 0.3 is 5.97 Å². The number of carboxylic acid groups (broad SMARTS) is 1. The fourth-order valence-corrected chi connectivity index (χ4v) is 0.772. The summed E-state index contributed by atoms with van der Waals surface area (Å²) in [4.78, 5) is 31.9. The summed E-state index contributed by atoms with van der Waals surface area (Å²) in [7, 11) is 0. The molecular formula is C8H12N2O4. The van der Waals surface area contributed by atoms with Gasteiger partial charge in [0, 0.05) is 0 Å². The molecule has 0 spiro atoms. The normalized spacial score (nSPS) is 12.4. The second-order valence-corrected chi connectivity index (χ2v) is 2.57. The Morgan fingerprint density at radius 3 is 2.43 bits per heavy atom. The van der Waals surface area contributed by atoms with Crippen molar-refractivity contribution in [1.82, 2.24) is 5.32 Å². The molecule has 78 valence electrons. The molecule has 0 heterocycles. The van der Waals surface area contributed by atoms with Gasteiger partial charge in [0.2, 0.25) is 11.8 Å². The van der Waals surface area contributed by atoms with E-state index in [4.69, 9.17) is 10.8 Å². The van der Waals surface area contributed by atoms with Gasteiger partial charge in [-0.3, -0.25) is 9.59 Å². The Hall–Kier alpha value is -1.85. The van der Waals surface area contributed by atoms with Crippen LogP contribution in [0, 0.1) is 0 Å². The van der Waals surface area contributed by atoms with Crippen molar-refractivity contribution in [2.24, 2.45) is 5.73 Å². The first-order valence-corrected chi connectivity index (χ1v) is 3.91. The molecule has 14 heavy (non-hydrogen) atoms. The second kappa shape index (κ2) is 5.74. The summed E-state index contributed by atoms with van der Waals surface area (Å²) in [6.07, 6.45) is 2.20. The fraction of sp³-hybridized carbons (Fsp3) is 0.375. The third kappa shape index (κ3) is 4.91. The van der Waals surface area contributed by atoms with Crippen LogP contribution in [0.15, 0.2) is 12.2 Å². The van der Waals surface area contributed by atoms with E-state index in [2.05, 4.69) is 5.32 Å². The van der Waals surface area contributed by atoms with E-state index in [1.54, 1.807) is 6.92 Å². The van der Waals surface area contributed by atoms with Gasteiger partial charge in [-0.15, -0.1) is 0 Å². The molecule has 1 unspecified atom stereocenters. The van der Waals surface area contributed by atoms with Crippen LogP contribution in [0.4, 0.5) is 0 Å². The van der Waals surface area contributed by atoms with Crippen LogP contribution in [0.25, 0.3) is 0 Å². The molecule has 0 aliphatic rings. The van der Waals surface area contributed by atoms with Gasteiger partial charge < -0.3 is 16.2 Å². The van der Waals surface area contributed by atoms with Crippen LogP contribution in [-0.4, -0.2) is 28.9 Å². The predicted octanol–water partition coefficient (Wildman–Crippen LogP) is -0.993. The molecule has 0 aromatic heterocycles. The van der Waals surface area contributed by atoms with E-state index < -0.39 is 30.2 Å². The van der Waals surface area contributed by atoms with Gasteiger partial charge in [0.15, 0.2) is 0 Å². The molecule has 4 N–H and O–H groups in total. The monoisotopic (exact) mass is 200 g/mol. The molecule has 0 bridgehead atoms. The molecule has 0 aromatic carbocycles. The summed E-state index contributed by atoms with van der Waals surface area (Å²) in [6.45, 7) is 1.61. The lowest BCUT2D eigenvalue weighted by atomic mass is 10.2. The second-order valence-electron chi connectivity index (χ2n) is 2.57. The van der Waals surface area contributed by atoms with E-state index in [1.807, 2.05) is 0 Å². The van der Waals surface area contributed by atoms with Gasteiger partial charge in [0.1, 0.15) is 6.04 Å². The lowest BCUT2D eigenvalue weighted by molar-refractivity contribution is -0.142. The van der Waals surface area contributed by atoms with Crippen molar-refractivity contribution in [3.05, 3.63) is 12.2 Å². The number of hydrogen-bond acceptors (Lipinski definition) is 3. The van der Waals surface area contributed by atoms with Gasteiger partial charge in [-0.1, -0.05) is 6.08 Å². The summed E-state index contributed by atoms with van der Waals surface area (Å²) in [5.74, 6) is -2.64. The Morgan fingerprint density at radius 2 is 2.07 bits per heavy atom. The number of hydrogen-bond donors (Lipinski definition) is 3. The molecule has 0 aliphatic carbocycles. The standard InChI is InChI=1S/C8H12N2O4/c1-2-3-7(12)10-5(8(13)14)4-6(9)11/h2-3,5H,4H2,1H3,(H2,9,11)(H,10,12)(H,13,14)/b3-2+. The van der Waals surface area contributed by atoms with Crippen molar-refractivity contribution in [2.75, 3.05) is 0 Å². The van der Waals surface area contributed by atoms with Gasteiger partial charge in [0.05, 0.1) is 6.42 Å². The number of carbonyl (C=O) groups is 3. The Balaban J connectivity index is 4.30. The van der Waals surface area contributed by atoms with Gasteiger partial charge in [-0.05, 0) is 13.0 Å². The number of rotatable bonds is 5. The Labute approximate surface area is 80.8 Å². The Bertz CT molecular complexity index is 273. The lowest BCUT2D eigenvalue weighted by Crippen LogP contribution is -2.42. The maximum Gasteiger partial charge on any atom is 0.326 e. The highest BCUT2D eigenvalue weighted by Gasteiger charge is 2.20. The number of aliphatic carboxylic acids is 1. The van der Waals surface area contributed by atoms with Crippen LogP contribution in [0.3, 0.4) is 0 Å². The van der Waals surface area contributed by atoms with Crippen molar-refractivity contribution in [3.63, 3.8) is 0 Å². The molecule has 0 radical (unpaired) electrons. The zero-order valence-electron chi connectivity index (χ0n) is 7.69. The van der Waals surface area contributed by atoms with Crippen LogP contribution in [0.2, 0.25) is 0 Å². The molecule has 6 nitrogen and oxygen atoms in total. The number of carbonyl (C=O) groups excluding carboxylic acids is 2. The molecule has 0 aliphatic heterocycles. The Morgan fingerprint density at radius 1 is 1.50 bits per heavy atom. The minimum Gasteiger partial charge on any atom is -0.480 e.